The van der Waals surface area contributed by atoms with Crippen LogP contribution >= 0.6 is 0 Å². The van der Waals surface area contributed by atoms with E-state index < -0.39 is 15.8 Å². The van der Waals surface area contributed by atoms with Crippen LogP contribution in [0.25, 0.3) is 0 Å². The van der Waals surface area contributed by atoms with Crippen LogP contribution in [0.15, 0.2) is 0 Å². The minimum atomic E-state index is -3.43. The first-order valence-electron chi connectivity index (χ1n) is 5.34. The molecule has 1 aliphatic rings. The Labute approximate surface area is 91.4 Å². The quantitative estimate of drug-likeness (QED) is 0.587. The molecular formula is C9H20N2O3S. The number of nitrogens with one attached hydrogen (secondary N) is 2. The molecule has 1 rings (SSSR count). The molecule has 1 saturated carbocycles. The first-order valence-corrected chi connectivity index (χ1v) is 6.82. The highest BCUT2D eigenvalue weighted by Gasteiger charge is 2.28. The van der Waals surface area contributed by atoms with Gasteiger partial charge in [-0.2, -0.15) is 17.9 Å². The zero-order valence-electron chi connectivity index (χ0n) is 9.28. The minimum Gasteiger partial charge on any atom is -0.389 e. The summed E-state index contributed by atoms with van der Waals surface area (Å²) in [5.41, 5.74) is -0.965. The molecule has 0 bridgehead atoms. The van der Waals surface area contributed by atoms with Gasteiger partial charge in [0, 0.05) is 12.6 Å². The molecule has 0 heterocycles. The maximum absolute atomic E-state index is 11.4. The van der Waals surface area contributed by atoms with E-state index in [4.69, 9.17) is 0 Å². The molecule has 1 atom stereocenters. The Kier molecular flexibility index (Phi) is 4.11. The highest BCUT2D eigenvalue weighted by atomic mass is 32.2. The zero-order chi connectivity index (χ0) is 11.5. The summed E-state index contributed by atoms with van der Waals surface area (Å²) >= 11 is 0. The molecule has 0 amide bonds. The van der Waals surface area contributed by atoms with E-state index in [9.17, 15) is 13.5 Å². The maximum atomic E-state index is 11.4. The number of rotatable bonds is 7. The molecule has 6 heteroatoms. The summed E-state index contributed by atoms with van der Waals surface area (Å²) in [6, 6.07) is 0.0959. The van der Waals surface area contributed by atoms with Crippen LogP contribution in [0.5, 0.6) is 0 Å². The van der Waals surface area contributed by atoms with Crippen molar-refractivity contribution in [3.05, 3.63) is 0 Å². The topological polar surface area (TPSA) is 78.4 Å². The SMILES string of the molecule is CCCC(C)(O)CNS(=O)(=O)NC1CC1. The fourth-order valence-electron chi connectivity index (χ4n) is 1.34. The van der Waals surface area contributed by atoms with Gasteiger partial charge in [-0.05, 0) is 26.2 Å². The lowest BCUT2D eigenvalue weighted by Crippen LogP contribution is -2.45. The van der Waals surface area contributed by atoms with Crippen molar-refractivity contribution in [1.82, 2.24) is 9.44 Å². The first kappa shape index (κ1) is 12.9. The van der Waals surface area contributed by atoms with E-state index in [0.717, 1.165) is 19.3 Å². The molecule has 0 aromatic carbocycles. The maximum Gasteiger partial charge on any atom is 0.277 e. The Morgan fingerprint density at radius 2 is 2.07 bits per heavy atom. The van der Waals surface area contributed by atoms with E-state index in [1.165, 1.54) is 0 Å². The molecule has 15 heavy (non-hydrogen) atoms. The van der Waals surface area contributed by atoms with Gasteiger partial charge in [0.15, 0.2) is 0 Å². The number of aliphatic hydroxyl groups is 1. The van der Waals surface area contributed by atoms with Crippen LogP contribution in [-0.2, 0) is 10.2 Å². The third-order valence-corrected chi connectivity index (χ3v) is 3.50. The van der Waals surface area contributed by atoms with E-state index in [2.05, 4.69) is 9.44 Å². The summed E-state index contributed by atoms with van der Waals surface area (Å²) in [4.78, 5) is 0. The van der Waals surface area contributed by atoms with Gasteiger partial charge in [-0.25, -0.2) is 0 Å². The van der Waals surface area contributed by atoms with Crippen molar-refractivity contribution in [2.24, 2.45) is 0 Å². The van der Waals surface area contributed by atoms with Crippen LogP contribution in [0.2, 0.25) is 0 Å². The van der Waals surface area contributed by atoms with Gasteiger partial charge in [0.05, 0.1) is 5.60 Å². The Bertz CT molecular complexity index is 296. The molecule has 1 fully saturated rings. The normalized spacial score (nSPS) is 21.3. The fraction of sp³-hybridized carbons (Fsp3) is 1.00. The smallest absolute Gasteiger partial charge is 0.277 e. The van der Waals surface area contributed by atoms with Crippen molar-refractivity contribution in [2.45, 2.75) is 51.2 Å². The summed E-state index contributed by atoms with van der Waals surface area (Å²) < 4.78 is 27.7. The van der Waals surface area contributed by atoms with E-state index in [1.54, 1.807) is 6.92 Å². The molecule has 1 unspecified atom stereocenters. The second-order valence-electron chi connectivity index (χ2n) is 4.46. The molecular weight excluding hydrogens is 216 g/mol. The molecule has 0 spiro atoms. The summed E-state index contributed by atoms with van der Waals surface area (Å²) in [5.74, 6) is 0. The first-order chi connectivity index (χ1) is 6.85. The van der Waals surface area contributed by atoms with Gasteiger partial charge >= 0.3 is 0 Å². The van der Waals surface area contributed by atoms with Crippen molar-refractivity contribution in [3.8, 4) is 0 Å². The molecule has 0 aromatic heterocycles. The van der Waals surface area contributed by atoms with Gasteiger partial charge < -0.3 is 5.11 Å². The van der Waals surface area contributed by atoms with Gasteiger partial charge in [-0.15, -0.1) is 0 Å². The van der Waals surface area contributed by atoms with Gasteiger partial charge in [-0.3, -0.25) is 0 Å². The molecule has 1 aliphatic carbocycles. The zero-order valence-corrected chi connectivity index (χ0v) is 10.1. The standard InChI is InChI=1S/C9H20N2O3S/c1-3-6-9(2,12)7-10-15(13,14)11-8-4-5-8/h8,10-12H,3-7H2,1-2H3. The fourth-order valence-corrected chi connectivity index (χ4v) is 2.60. The highest BCUT2D eigenvalue weighted by molar-refractivity contribution is 7.87. The molecule has 90 valence electrons. The average molecular weight is 236 g/mol. The second-order valence-corrected chi connectivity index (χ2v) is 5.99. The van der Waals surface area contributed by atoms with Gasteiger partial charge in [0.25, 0.3) is 10.2 Å². The van der Waals surface area contributed by atoms with Crippen LogP contribution in [-0.4, -0.2) is 31.7 Å². The van der Waals surface area contributed by atoms with E-state index in [-0.39, 0.29) is 12.6 Å². The Morgan fingerprint density at radius 3 is 2.53 bits per heavy atom. The summed E-state index contributed by atoms with van der Waals surface area (Å²) in [7, 11) is -3.43. The predicted octanol–water partition coefficient (Wildman–Crippen LogP) is 0.124. The monoisotopic (exact) mass is 236 g/mol. The largest absolute Gasteiger partial charge is 0.389 e. The van der Waals surface area contributed by atoms with E-state index in [1.807, 2.05) is 6.92 Å². The van der Waals surface area contributed by atoms with Crippen molar-refractivity contribution in [1.29, 1.82) is 0 Å². The van der Waals surface area contributed by atoms with Gasteiger partial charge in [0.1, 0.15) is 0 Å². The molecule has 0 saturated heterocycles. The van der Waals surface area contributed by atoms with E-state index in [0.29, 0.717) is 6.42 Å². The third-order valence-electron chi connectivity index (χ3n) is 2.33. The molecule has 0 aliphatic heterocycles. The molecule has 3 N–H and O–H groups in total. The van der Waals surface area contributed by atoms with Crippen molar-refractivity contribution in [3.63, 3.8) is 0 Å². The predicted molar refractivity (Wildman–Crippen MR) is 58.6 cm³/mol. The summed E-state index contributed by atoms with van der Waals surface area (Å²) in [5, 5.41) is 9.77. The van der Waals surface area contributed by atoms with Crippen molar-refractivity contribution < 1.29 is 13.5 Å². The second kappa shape index (κ2) is 4.78. The van der Waals surface area contributed by atoms with E-state index >= 15 is 0 Å². The van der Waals surface area contributed by atoms with Crippen LogP contribution in [0.3, 0.4) is 0 Å². The summed E-state index contributed by atoms with van der Waals surface area (Å²) in [6.45, 7) is 3.64. The Morgan fingerprint density at radius 1 is 1.47 bits per heavy atom. The van der Waals surface area contributed by atoms with Crippen LogP contribution in [0.4, 0.5) is 0 Å². The minimum absolute atomic E-state index is 0.0584. The highest BCUT2D eigenvalue weighted by Crippen LogP contribution is 2.19. The molecule has 0 radical (unpaired) electrons. The lowest BCUT2D eigenvalue weighted by Gasteiger charge is -2.22. The number of hydrogen-bond acceptors (Lipinski definition) is 3. The lowest BCUT2D eigenvalue weighted by atomic mass is 10.0. The lowest BCUT2D eigenvalue weighted by molar-refractivity contribution is 0.0553. The van der Waals surface area contributed by atoms with Crippen LogP contribution < -0.4 is 9.44 Å². The Hall–Kier alpha value is -0.170. The van der Waals surface area contributed by atoms with Gasteiger partial charge in [-0.1, -0.05) is 13.3 Å². The van der Waals surface area contributed by atoms with Crippen LogP contribution in [0.1, 0.15) is 39.5 Å². The van der Waals surface area contributed by atoms with Crippen LogP contribution in [0, 0.1) is 0 Å². The third kappa shape index (κ3) is 5.46. The molecule has 0 aromatic rings. The van der Waals surface area contributed by atoms with Crippen molar-refractivity contribution in [2.75, 3.05) is 6.54 Å². The Balaban J connectivity index is 2.33. The van der Waals surface area contributed by atoms with Crippen molar-refractivity contribution >= 4 is 10.2 Å². The summed E-state index contributed by atoms with van der Waals surface area (Å²) in [6.07, 6.45) is 3.22. The van der Waals surface area contributed by atoms with Gasteiger partial charge in [0.2, 0.25) is 0 Å². The molecule has 5 nitrogen and oxygen atoms in total. The number of hydrogen-bond donors (Lipinski definition) is 3. The average Bonchev–Trinajstić information content (AvgIpc) is 2.85.